The van der Waals surface area contributed by atoms with Crippen LogP contribution in [-0.4, -0.2) is 20.5 Å². The van der Waals surface area contributed by atoms with Crippen molar-refractivity contribution in [2.45, 2.75) is 25.9 Å². The molecule has 0 fully saturated rings. The zero-order valence-corrected chi connectivity index (χ0v) is 23.4. The van der Waals surface area contributed by atoms with Gasteiger partial charge in [0.25, 0.3) is 5.91 Å². The highest BCUT2D eigenvalue weighted by Gasteiger charge is 2.14. The predicted octanol–water partition coefficient (Wildman–Crippen LogP) is 6.98. The van der Waals surface area contributed by atoms with Gasteiger partial charge in [-0.25, -0.2) is 4.98 Å². The number of amides is 1. The SMILES string of the molecule is CC(C#N)c1cccc(C(=O)NCc2ccc(CNc3cc(-c4ccccc4Cl)nc4c(Br)cnn34)cc2)c1. The fraction of sp³-hybridized carbons (Fsp3) is 0.133. The Labute approximate surface area is 239 Å². The maximum atomic E-state index is 12.6. The molecule has 0 spiro atoms. The second kappa shape index (κ2) is 11.7. The van der Waals surface area contributed by atoms with Crippen LogP contribution < -0.4 is 10.6 Å². The van der Waals surface area contributed by atoms with Gasteiger partial charge in [0.2, 0.25) is 0 Å². The molecular formula is C30H24BrClN6O. The minimum absolute atomic E-state index is 0.172. The normalized spacial score (nSPS) is 11.6. The summed E-state index contributed by atoms with van der Waals surface area (Å²) in [5.41, 5.74) is 5.70. The van der Waals surface area contributed by atoms with Crippen molar-refractivity contribution in [1.29, 1.82) is 5.26 Å². The zero-order chi connectivity index (χ0) is 27.4. The van der Waals surface area contributed by atoms with E-state index in [1.54, 1.807) is 28.9 Å². The lowest BCUT2D eigenvalue weighted by Crippen LogP contribution is -2.22. The topological polar surface area (TPSA) is 95.1 Å². The number of carbonyl (C=O) groups excluding carboxylic acids is 1. The van der Waals surface area contributed by atoms with E-state index >= 15 is 0 Å². The summed E-state index contributed by atoms with van der Waals surface area (Å²) in [6.07, 6.45) is 1.72. The van der Waals surface area contributed by atoms with Crippen LogP contribution in [0.4, 0.5) is 5.82 Å². The van der Waals surface area contributed by atoms with Crippen LogP contribution in [0, 0.1) is 11.3 Å². The molecular weight excluding hydrogens is 576 g/mol. The van der Waals surface area contributed by atoms with E-state index in [0.717, 1.165) is 38.2 Å². The number of carbonyl (C=O) groups is 1. The van der Waals surface area contributed by atoms with Crippen molar-refractivity contribution in [3.63, 3.8) is 0 Å². The van der Waals surface area contributed by atoms with Crippen LogP contribution in [-0.2, 0) is 13.1 Å². The third-order valence-electron chi connectivity index (χ3n) is 6.37. The maximum Gasteiger partial charge on any atom is 0.251 e. The molecule has 0 saturated heterocycles. The Kier molecular flexibility index (Phi) is 7.92. The summed E-state index contributed by atoms with van der Waals surface area (Å²) in [4.78, 5) is 17.4. The molecule has 2 aromatic heterocycles. The van der Waals surface area contributed by atoms with Crippen molar-refractivity contribution in [2.75, 3.05) is 5.32 Å². The summed E-state index contributed by atoms with van der Waals surface area (Å²) in [7, 11) is 0. The van der Waals surface area contributed by atoms with Crippen LogP contribution in [0.1, 0.15) is 39.9 Å². The first-order valence-electron chi connectivity index (χ1n) is 12.3. The third kappa shape index (κ3) is 5.95. The first-order chi connectivity index (χ1) is 18.9. The Morgan fingerprint density at radius 3 is 2.54 bits per heavy atom. The van der Waals surface area contributed by atoms with Crippen molar-refractivity contribution >= 4 is 44.9 Å². The van der Waals surface area contributed by atoms with Crippen molar-refractivity contribution in [3.8, 4) is 17.3 Å². The zero-order valence-electron chi connectivity index (χ0n) is 21.0. The molecule has 5 rings (SSSR count). The molecule has 1 atom stereocenters. The highest BCUT2D eigenvalue weighted by molar-refractivity contribution is 9.10. The van der Waals surface area contributed by atoms with Gasteiger partial charge in [0.05, 0.1) is 28.4 Å². The Bertz CT molecular complexity index is 1690. The van der Waals surface area contributed by atoms with E-state index in [1.165, 1.54) is 0 Å². The minimum atomic E-state index is -0.264. The van der Waals surface area contributed by atoms with Crippen molar-refractivity contribution in [1.82, 2.24) is 19.9 Å². The van der Waals surface area contributed by atoms with Gasteiger partial charge in [0, 0.05) is 35.3 Å². The summed E-state index contributed by atoms with van der Waals surface area (Å²) >= 11 is 9.97. The lowest BCUT2D eigenvalue weighted by atomic mass is 10.0. The standard InChI is InChI=1S/C30H24BrClN6O/c1-19(15-33)22-5-4-6-23(13-22)30(39)35-17-21-11-9-20(10-12-21)16-34-28-14-27(24-7-2-3-8-26(24)32)37-29-25(31)18-36-38(28)29/h2-14,18-19,34H,16-17H2,1H3,(H,35,39). The molecule has 2 heterocycles. The minimum Gasteiger partial charge on any atom is -0.366 e. The molecule has 0 saturated carbocycles. The molecule has 1 amide bonds. The number of fused-ring (bicyclic) bond motifs is 1. The Morgan fingerprint density at radius 2 is 1.79 bits per heavy atom. The fourth-order valence-electron chi connectivity index (χ4n) is 4.14. The molecule has 0 radical (unpaired) electrons. The number of hydrogen-bond acceptors (Lipinski definition) is 5. The second-order valence-electron chi connectivity index (χ2n) is 9.06. The average Bonchev–Trinajstić information content (AvgIpc) is 3.35. The molecule has 1 unspecified atom stereocenters. The number of benzene rings is 3. The number of nitrogens with one attached hydrogen (secondary N) is 2. The van der Waals surface area contributed by atoms with Gasteiger partial charge in [0.15, 0.2) is 5.65 Å². The average molecular weight is 600 g/mol. The highest BCUT2D eigenvalue weighted by Crippen LogP contribution is 2.30. The van der Waals surface area contributed by atoms with Gasteiger partial charge in [-0.05, 0) is 57.7 Å². The van der Waals surface area contributed by atoms with Crippen LogP contribution in [0.25, 0.3) is 16.9 Å². The van der Waals surface area contributed by atoms with Gasteiger partial charge >= 0.3 is 0 Å². The second-order valence-corrected chi connectivity index (χ2v) is 10.3. The quantitative estimate of drug-likeness (QED) is 0.201. The molecule has 194 valence electrons. The molecule has 39 heavy (non-hydrogen) atoms. The number of rotatable bonds is 8. The van der Waals surface area contributed by atoms with Gasteiger partial charge in [-0.3, -0.25) is 4.79 Å². The van der Waals surface area contributed by atoms with E-state index in [2.05, 4.69) is 37.7 Å². The number of nitrogens with zero attached hydrogens (tertiary/aromatic N) is 4. The molecule has 7 nitrogen and oxygen atoms in total. The Morgan fingerprint density at radius 1 is 1.05 bits per heavy atom. The fourth-order valence-corrected chi connectivity index (χ4v) is 4.73. The molecule has 0 aliphatic heterocycles. The van der Waals surface area contributed by atoms with Crippen LogP contribution in [0.5, 0.6) is 0 Å². The Balaban J connectivity index is 1.26. The van der Waals surface area contributed by atoms with Crippen LogP contribution in [0.3, 0.4) is 0 Å². The van der Waals surface area contributed by atoms with E-state index in [9.17, 15) is 4.79 Å². The van der Waals surface area contributed by atoms with Crippen molar-refractivity contribution in [2.24, 2.45) is 0 Å². The molecule has 9 heteroatoms. The van der Waals surface area contributed by atoms with E-state index in [0.29, 0.717) is 29.3 Å². The van der Waals surface area contributed by atoms with E-state index in [4.69, 9.17) is 21.8 Å². The van der Waals surface area contributed by atoms with E-state index in [1.807, 2.05) is 67.6 Å². The smallest absolute Gasteiger partial charge is 0.251 e. The van der Waals surface area contributed by atoms with Gasteiger partial charge in [-0.15, -0.1) is 0 Å². The summed E-state index contributed by atoms with van der Waals surface area (Å²) in [5.74, 6) is 0.346. The van der Waals surface area contributed by atoms with E-state index < -0.39 is 0 Å². The van der Waals surface area contributed by atoms with Crippen molar-refractivity contribution in [3.05, 3.63) is 117 Å². The molecule has 0 aliphatic carbocycles. The van der Waals surface area contributed by atoms with Gasteiger partial charge in [-0.1, -0.05) is 66.2 Å². The number of hydrogen-bond donors (Lipinski definition) is 2. The third-order valence-corrected chi connectivity index (χ3v) is 7.26. The lowest BCUT2D eigenvalue weighted by Gasteiger charge is -2.12. The van der Waals surface area contributed by atoms with Crippen LogP contribution in [0.15, 0.2) is 89.5 Å². The summed E-state index contributed by atoms with van der Waals surface area (Å²) in [6.45, 7) is 2.78. The first kappa shape index (κ1) is 26.4. The predicted molar refractivity (Wildman–Crippen MR) is 157 cm³/mol. The van der Waals surface area contributed by atoms with Crippen molar-refractivity contribution < 1.29 is 4.79 Å². The molecule has 0 aliphatic rings. The van der Waals surface area contributed by atoms with Crippen LogP contribution in [0.2, 0.25) is 5.02 Å². The lowest BCUT2D eigenvalue weighted by molar-refractivity contribution is 0.0951. The number of nitriles is 1. The molecule has 2 N–H and O–H groups in total. The molecule has 0 bridgehead atoms. The molecule has 5 aromatic rings. The van der Waals surface area contributed by atoms with Gasteiger partial charge < -0.3 is 10.6 Å². The summed E-state index contributed by atoms with van der Waals surface area (Å²) in [5, 5.41) is 20.6. The van der Waals surface area contributed by atoms with E-state index in [-0.39, 0.29) is 11.8 Å². The largest absolute Gasteiger partial charge is 0.366 e. The van der Waals surface area contributed by atoms with Crippen LogP contribution >= 0.6 is 27.5 Å². The number of anilines is 1. The summed E-state index contributed by atoms with van der Waals surface area (Å²) < 4.78 is 2.54. The summed E-state index contributed by atoms with van der Waals surface area (Å²) in [6, 6.07) is 27.0. The number of aromatic nitrogens is 3. The monoisotopic (exact) mass is 598 g/mol. The maximum absolute atomic E-state index is 12.6. The Hall–Kier alpha value is -4.19. The number of halogens is 2. The molecule has 3 aromatic carbocycles. The first-order valence-corrected chi connectivity index (χ1v) is 13.5. The van der Waals surface area contributed by atoms with Gasteiger partial charge in [-0.2, -0.15) is 14.9 Å². The highest BCUT2D eigenvalue weighted by atomic mass is 79.9. The van der Waals surface area contributed by atoms with Gasteiger partial charge in [0.1, 0.15) is 5.82 Å².